The second kappa shape index (κ2) is 5.83. The standard InChI is InChI=1S/C17H22F2N4/c1-11(2)23-6-5-21(3)15-7-13(12-9-20-22(4)10-12)14(17(18)19)8-16(15)23/h7-11,17H,5-6H2,1-4H3. The summed E-state index contributed by atoms with van der Waals surface area (Å²) in [6.07, 6.45) is 0.893. The maximum atomic E-state index is 13.7. The van der Waals surface area contributed by atoms with Gasteiger partial charge in [0, 0.05) is 50.6 Å². The van der Waals surface area contributed by atoms with Gasteiger partial charge in [0.2, 0.25) is 0 Å². The van der Waals surface area contributed by atoms with Crippen LogP contribution in [0.15, 0.2) is 24.5 Å². The molecule has 0 spiro atoms. The lowest BCUT2D eigenvalue weighted by Gasteiger charge is -2.40. The fourth-order valence-electron chi connectivity index (χ4n) is 3.15. The number of likely N-dealkylation sites (N-methyl/N-ethyl adjacent to an activating group) is 1. The summed E-state index contributed by atoms with van der Waals surface area (Å²) >= 11 is 0. The van der Waals surface area contributed by atoms with Crippen molar-refractivity contribution < 1.29 is 8.78 Å². The molecule has 0 amide bonds. The van der Waals surface area contributed by atoms with E-state index in [-0.39, 0.29) is 11.6 Å². The first-order chi connectivity index (χ1) is 10.9. The van der Waals surface area contributed by atoms with Crippen LogP contribution in [-0.2, 0) is 7.05 Å². The number of hydrogen-bond acceptors (Lipinski definition) is 3. The molecule has 0 radical (unpaired) electrons. The molecule has 0 bridgehead atoms. The number of halogens is 2. The van der Waals surface area contributed by atoms with Gasteiger partial charge < -0.3 is 9.80 Å². The Hall–Kier alpha value is -2.11. The molecule has 0 aliphatic carbocycles. The summed E-state index contributed by atoms with van der Waals surface area (Å²) in [7, 11) is 3.79. The summed E-state index contributed by atoms with van der Waals surface area (Å²) in [5.74, 6) is 0. The number of rotatable bonds is 3. The number of hydrogen-bond donors (Lipinski definition) is 0. The van der Waals surface area contributed by atoms with E-state index in [4.69, 9.17) is 0 Å². The fourth-order valence-corrected chi connectivity index (χ4v) is 3.15. The Morgan fingerprint density at radius 2 is 1.83 bits per heavy atom. The van der Waals surface area contributed by atoms with Crippen LogP contribution in [0.1, 0.15) is 25.8 Å². The highest BCUT2D eigenvalue weighted by atomic mass is 19.3. The molecule has 6 heteroatoms. The van der Waals surface area contributed by atoms with Crippen molar-refractivity contribution in [1.29, 1.82) is 0 Å². The minimum Gasteiger partial charge on any atom is -0.371 e. The third-order valence-electron chi connectivity index (χ3n) is 4.42. The van der Waals surface area contributed by atoms with Crippen LogP contribution in [0.5, 0.6) is 0 Å². The fraction of sp³-hybridized carbons (Fsp3) is 0.471. The quantitative estimate of drug-likeness (QED) is 0.862. The topological polar surface area (TPSA) is 24.3 Å². The molecule has 0 atom stereocenters. The van der Waals surface area contributed by atoms with Gasteiger partial charge in [0.05, 0.1) is 17.6 Å². The van der Waals surface area contributed by atoms with Gasteiger partial charge in [-0.15, -0.1) is 0 Å². The van der Waals surface area contributed by atoms with Gasteiger partial charge >= 0.3 is 0 Å². The molecule has 0 saturated heterocycles. The molecule has 2 aromatic rings. The van der Waals surface area contributed by atoms with Crippen LogP contribution in [0.25, 0.3) is 11.1 Å². The third-order valence-corrected chi connectivity index (χ3v) is 4.42. The Morgan fingerprint density at radius 3 is 2.39 bits per heavy atom. The summed E-state index contributed by atoms with van der Waals surface area (Å²) in [5, 5.41) is 4.12. The van der Waals surface area contributed by atoms with Crippen LogP contribution in [0.4, 0.5) is 20.2 Å². The van der Waals surface area contributed by atoms with Gasteiger partial charge in [0.25, 0.3) is 6.43 Å². The predicted molar refractivity (Wildman–Crippen MR) is 89.4 cm³/mol. The molecule has 0 unspecified atom stereocenters. The summed E-state index contributed by atoms with van der Waals surface area (Å²) in [4.78, 5) is 4.32. The molecule has 1 aromatic carbocycles. The molecule has 2 heterocycles. The van der Waals surface area contributed by atoms with Crippen LogP contribution in [0, 0.1) is 0 Å². The van der Waals surface area contributed by atoms with Crippen molar-refractivity contribution >= 4 is 11.4 Å². The molecular weight excluding hydrogens is 298 g/mol. The van der Waals surface area contributed by atoms with Crippen molar-refractivity contribution in [2.75, 3.05) is 29.9 Å². The van der Waals surface area contributed by atoms with Gasteiger partial charge in [-0.05, 0) is 31.5 Å². The van der Waals surface area contributed by atoms with Crippen LogP contribution in [0.3, 0.4) is 0 Å². The van der Waals surface area contributed by atoms with E-state index in [1.54, 1.807) is 30.2 Å². The van der Waals surface area contributed by atoms with Gasteiger partial charge in [0.15, 0.2) is 0 Å². The smallest absolute Gasteiger partial charge is 0.264 e. The van der Waals surface area contributed by atoms with Crippen LogP contribution in [-0.4, -0.2) is 36.0 Å². The van der Waals surface area contributed by atoms with Crippen LogP contribution in [0.2, 0.25) is 0 Å². The first kappa shape index (κ1) is 15.8. The number of nitrogens with zero attached hydrogens (tertiary/aromatic N) is 4. The second-order valence-corrected chi connectivity index (χ2v) is 6.34. The normalized spacial score (nSPS) is 14.8. The number of alkyl halides is 2. The molecule has 1 aromatic heterocycles. The molecule has 0 saturated carbocycles. The molecule has 1 aliphatic rings. The minimum absolute atomic E-state index is 0.0673. The van der Waals surface area contributed by atoms with E-state index < -0.39 is 6.43 Å². The number of aromatic nitrogens is 2. The maximum Gasteiger partial charge on any atom is 0.264 e. The van der Waals surface area contributed by atoms with Crippen molar-refractivity contribution in [3.05, 3.63) is 30.1 Å². The van der Waals surface area contributed by atoms with E-state index in [1.807, 2.05) is 13.1 Å². The zero-order chi connectivity index (χ0) is 16.7. The second-order valence-electron chi connectivity index (χ2n) is 6.34. The van der Waals surface area contributed by atoms with E-state index in [0.29, 0.717) is 5.56 Å². The largest absolute Gasteiger partial charge is 0.371 e. The first-order valence-corrected chi connectivity index (χ1v) is 7.81. The zero-order valence-corrected chi connectivity index (χ0v) is 13.9. The molecule has 3 rings (SSSR count). The lowest BCUT2D eigenvalue weighted by molar-refractivity contribution is 0.152. The van der Waals surface area contributed by atoms with Crippen molar-refractivity contribution in [3.63, 3.8) is 0 Å². The van der Waals surface area contributed by atoms with Crippen LogP contribution < -0.4 is 9.80 Å². The lowest BCUT2D eigenvalue weighted by atomic mass is 9.98. The highest BCUT2D eigenvalue weighted by molar-refractivity contribution is 5.82. The Morgan fingerprint density at radius 1 is 1.09 bits per heavy atom. The van der Waals surface area contributed by atoms with Crippen molar-refractivity contribution in [1.82, 2.24) is 9.78 Å². The predicted octanol–water partition coefficient (Wildman–Crippen LogP) is 3.69. The van der Waals surface area contributed by atoms with Gasteiger partial charge in [-0.25, -0.2) is 8.78 Å². The molecule has 23 heavy (non-hydrogen) atoms. The zero-order valence-electron chi connectivity index (χ0n) is 13.9. The Kier molecular flexibility index (Phi) is 4.00. The van der Waals surface area contributed by atoms with Crippen molar-refractivity contribution in [3.8, 4) is 11.1 Å². The molecule has 0 fully saturated rings. The summed E-state index contributed by atoms with van der Waals surface area (Å²) < 4.78 is 28.9. The minimum atomic E-state index is -2.52. The third kappa shape index (κ3) is 2.78. The number of benzene rings is 1. The molecule has 1 aliphatic heterocycles. The summed E-state index contributed by atoms with van der Waals surface area (Å²) in [6, 6.07) is 3.80. The Labute approximate surface area is 135 Å². The highest BCUT2D eigenvalue weighted by Gasteiger charge is 2.27. The average molecular weight is 320 g/mol. The Balaban J connectivity index is 2.20. The van der Waals surface area contributed by atoms with E-state index in [0.717, 1.165) is 30.0 Å². The highest BCUT2D eigenvalue weighted by Crippen LogP contribution is 2.42. The van der Waals surface area contributed by atoms with E-state index >= 15 is 0 Å². The SMILES string of the molecule is CC(C)N1CCN(C)c2cc(-c3cnn(C)c3)c(C(F)F)cc21. The van der Waals surface area contributed by atoms with Gasteiger partial charge in [0.1, 0.15) is 0 Å². The number of anilines is 2. The molecule has 124 valence electrons. The lowest BCUT2D eigenvalue weighted by Crippen LogP contribution is -2.42. The van der Waals surface area contributed by atoms with Gasteiger partial charge in [-0.2, -0.15) is 5.10 Å². The number of aryl methyl sites for hydroxylation is 1. The molecular formula is C17H22F2N4. The van der Waals surface area contributed by atoms with E-state index in [9.17, 15) is 8.78 Å². The van der Waals surface area contributed by atoms with Gasteiger partial charge in [-0.1, -0.05) is 0 Å². The maximum absolute atomic E-state index is 13.7. The van der Waals surface area contributed by atoms with E-state index in [1.165, 1.54) is 0 Å². The Bertz CT molecular complexity index is 709. The number of fused-ring (bicyclic) bond motifs is 1. The first-order valence-electron chi connectivity index (χ1n) is 7.81. The van der Waals surface area contributed by atoms with Crippen molar-refractivity contribution in [2.24, 2.45) is 7.05 Å². The summed E-state index contributed by atoms with van der Waals surface area (Å²) in [5.41, 5.74) is 3.23. The molecule has 0 N–H and O–H groups in total. The molecule has 4 nitrogen and oxygen atoms in total. The van der Waals surface area contributed by atoms with Crippen molar-refractivity contribution in [2.45, 2.75) is 26.3 Å². The van der Waals surface area contributed by atoms with Crippen LogP contribution >= 0.6 is 0 Å². The monoisotopic (exact) mass is 320 g/mol. The van der Waals surface area contributed by atoms with E-state index in [2.05, 4.69) is 28.7 Å². The van der Waals surface area contributed by atoms with Gasteiger partial charge in [-0.3, -0.25) is 4.68 Å². The average Bonchev–Trinajstić information content (AvgIpc) is 2.92. The summed E-state index contributed by atoms with van der Waals surface area (Å²) in [6.45, 7) is 5.90.